The van der Waals surface area contributed by atoms with Gasteiger partial charge in [-0.1, -0.05) is 0 Å². The average molecular weight is 697 g/mol. The molecule has 48 heavy (non-hydrogen) atoms. The molecule has 0 radical (unpaired) electrons. The number of amides is 1. The van der Waals surface area contributed by atoms with Gasteiger partial charge in [-0.15, -0.1) is 0 Å². The van der Waals surface area contributed by atoms with Crippen LogP contribution in [-0.2, 0) is 20.8 Å². The number of likely N-dealkylation sites (N-methyl/N-ethyl adjacent to an activating group) is 1. The molecule has 4 rings (SSSR count). The number of rotatable bonds is 8. The molecule has 0 fully saturated rings. The number of ether oxygens (including phenoxy) is 3. The summed E-state index contributed by atoms with van der Waals surface area (Å²) in [5, 5.41) is 23.9. The molecule has 264 valence electrons. The first-order valence-electron chi connectivity index (χ1n) is 13.6. The number of aliphatic carboxylic acids is 2. The number of hydrogen-bond donors (Lipinski definition) is 4. The van der Waals surface area contributed by atoms with E-state index in [4.69, 9.17) is 34.0 Å². The zero-order valence-corrected chi connectivity index (χ0v) is 25.8. The number of benzene rings is 2. The van der Waals surface area contributed by atoms with Crippen LogP contribution in [0.5, 0.6) is 17.2 Å². The van der Waals surface area contributed by atoms with Crippen molar-refractivity contribution in [3.8, 4) is 28.4 Å². The molecule has 12 nitrogen and oxygen atoms in total. The Morgan fingerprint density at radius 2 is 1.65 bits per heavy atom. The smallest absolute Gasteiger partial charge is 0.490 e. The molecule has 1 aliphatic heterocycles. The number of aromatic amines is 1. The number of nitrogens with zero attached hydrogens (tertiary/aromatic N) is 2. The van der Waals surface area contributed by atoms with Crippen LogP contribution in [0.2, 0.25) is 0 Å². The predicted molar refractivity (Wildman–Crippen MR) is 154 cm³/mol. The molecule has 0 bridgehead atoms. The monoisotopic (exact) mass is 696 g/mol. The second kappa shape index (κ2) is 16.7. The molecule has 4 N–H and O–H groups in total. The van der Waals surface area contributed by atoms with E-state index < -0.39 is 36.0 Å². The number of fused-ring (bicyclic) bond motifs is 1. The molecule has 2 aromatic carbocycles. The van der Waals surface area contributed by atoms with Crippen molar-refractivity contribution in [3.63, 3.8) is 0 Å². The van der Waals surface area contributed by atoms with E-state index in [1.54, 1.807) is 19.4 Å². The second-order valence-corrected chi connectivity index (χ2v) is 10.2. The molecule has 1 aliphatic rings. The topological polar surface area (TPSA) is 163 Å². The normalized spacial score (nSPS) is 13.9. The Labute approximate surface area is 268 Å². The molecule has 1 atom stereocenters. The molecule has 0 spiro atoms. The largest absolute Gasteiger partial charge is 0.497 e. The molecule has 3 aromatic rings. The van der Waals surface area contributed by atoms with Crippen LogP contribution >= 0.6 is 0 Å². The molecule has 1 unspecified atom stereocenters. The van der Waals surface area contributed by atoms with Gasteiger partial charge >= 0.3 is 24.3 Å². The Hall–Kier alpha value is -5.07. The average Bonchev–Trinajstić information content (AvgIpc) is 3.42. The SMILES string of the molecule is COc1ccc2c(c1)CC(C(=O)Nc1cc(F)c(-c3cn[nH]c3C)cc1OCCN(C)C)CO2.O=C(O)C(F)(F)F.O=C(O)C(F)(F)F. The predicted octanol–water partition coefficient (Wildman–Crippen LogP) is 4.93. The van der Waals surface area contributed by atoms with Crippen molar-refractivity contribution in [2.45, 2.75) is 25.7 Å². The van der Waals surface area contributed by atoms with Crippen molar-refractivity contribution >= 4 is 23.5 Å². The maximum absolute atomic E-state index is 15.1. The number of H-pyrrole nitrogens is 1. The van der Waals surface area contributed by atoms with Crippen LogP contribution in [0.3, 0.4) is 0 Å². The van der Waals surface area contributed by atoms with Gasteiger partial charge in [0.25, 0.3) is 0 Å². The lowest BCUT2D eigenvalue weighted by molar-refractivity contribution is -0.193. The number of methoxy groups -OCH3 is 1. The van der Waals surface area contributed by atoms with Crippen molar-refractivity contribution in [3.05, 3.63) is 53.6 Å². The Bertz CT molecular complexity index is 1550. The summed E-state index contributed by atoms with van der Waals surface area (Å²) in [7, 11) is 5.47. The van der Waals surface area contributed by atoms with Gasteiger partial charge in [0.2, 0.25) is 5.91 Å². The number of halogens is 7. The fraction of sp³-hybridized carbons (Fsp3) is 0.379. The molecular weight excluding hydrogens is 665 g/mol. The minimum atomic E-state index is -5.08. The highest BCUT2D eigenvalue weighted by Gasteiger charge is 2.39. The fourth-order valence-corrected chi connectivity index (χ4v) is 3.84. The van der Waals surface area contributed by atoms with E-state index in [0.29, 0.717) is 42.2 Å². The van der Waals surface area contributed by atoms with Crippen LogP contribution in [-0.4, -0.2) is 96.5 Å². The summed E-state index contributed by atoms with van der Waals surface area (Å²) < 4.78 is 95.6. The lowest BCUT2D eigenvalue weighted by atomic mass is 9.95. The number of nitrogens with one attached hydrogen (secondary N) is 2. The molecule has 0 saturated heterocycles. The van der Waals surface area contributed by atoms with E-state index >= 15 is 4.39 Å². The lowest BCUT2D eigenvalue weighted by Gasteiger charge is -2.25. The van der Waals surface area contributed by atoms with Crippen LogP contribution in [0.15, 0.2) is 36.5 Å². The number of carboxylic acid groups (broad SMARTS) is 2. The highest BCUT2D eigenvalue weighted by Crippen LogP contribution is 2.36. The van der Waals surface area contributed by atoms with Crippen LogP contribution in [0.4, 0.5) is 36.4 Å². The number of alkyl halides is 6. The first kappa shape index (κ1) is 39.1. The molecular formula is C29H31F7N4O8. The molecule has 1 amide bonds. The van der Waals surface area contributed by atoms with Crippen molar-refractivity contribution in [2.24, 2.45) is 5.92 Å². The summed E-state index contributed by atoms with van der Waals surface area (Å²) in [6.07, 6.45) is -8.11. The number of anilines is 1. The molecule has 0 aliphatic carbocycles. The Morgan fingerprint density at radius 1 is 1.04 bits per heavy atom. The van der Waals surface area contributed by atoms with Crippen LogP contribution in [0.25, 0.3) is 11.1 Å². The van der Waals surface area contributed by atoms with Gasteiger partial charge in [0.1, 0.15) is 36.3 Å². The number of aromatic nitrogens is 2. The summed E-state index contributed by atoms with van der Waals surface area (Å²) in [4.78, 5) is 32.9. The van der Waals surface area contributed by atoms with E-state index in [9.17, 15) is 31.1 Å². The first-order valence-corrected chi connectivity index (χ1v) is 13.6. The maximum Gasteiger partial charge on any atom is 0.490 e. The van der Waals surface area contributed by atoms with E-state index in [0.717, 1.165) is 17.0 Å². The van der Waals surface area contributed by atoms with Gasteiger partial charge in [0.05, 0.1) is 24.9 Å². The van der Waals surface area contributed by atoms with Gasteiger partial charge in [-0.05, 0) is 57.3 Å². The van der Waals surface area contributed by atoms with Gasteiger partial charge in [0, 0.05) is 29.4 Å². The second-order valence-electron chi connectivity index (χ2n) is 10.2. The van der Waals surface area contributed by atoms with Crippen LogP contribution < -0.4 is 19.5 Å². The Morgan fingerprint density at radius 3 is 2.15 bits per heavy atom. The van der Waals surface area contributed by atoms with Gasteiger partial charge in [-0.3, -0.25) is 9.89 Å². The summed E-state index contributed by atoms with van der Waals surface area (Å²) in [5.74, 6) is -4.86. The van der Waals surface area contributed by atoms with Gasteiger partial charge in [-0.2, -0.15) is 31.4 Å². The molecule has 2 heterocycles. The number of hydrogen-bond acceptors (Lipinski definition) is 8. The molecule has 19 heteroatoms. The van der Waals surface area contributed by atoms with Crippen molar-refractivity contribution in [1.82, 2.24) is 15.1 Å². The lowest BCUT2D eigenvalue weighted by Crippen LogP contribution is -2.32. The van der Waals surface area contributed by atoms with Crippen molar-refractivity contribution in [1.29, 1.82) is 0 Å². The van der Waals surface area contributed by atoms with Crippen molar-refractivity contribution < 1.29 is 69.5 Å². The third-order valence-electron chi connectivity index (χ3n) is 6.27. The summed E-state index contributed by atoms with van der Waals surface area (Å²) in [6, 6.07) is 8.43. The zero-order chi connectivity index (χ0) is 36.4. The van der Waals surface area contributed by atoms with E-state index in [1.807, 2.05) is 44.1 Å². The maximum atomic E-state index is 15.1. The van der Waals surface area contributed by atoms with Crippen LogP contribution in [0.1, 0.15) is 11.3 Å². The van der Waals surface area contributed by atoms with Crippen molar-refractivity contribution in [2.75, 3.05) is 46.3 Å². The van der Waals surface area contributed by atoms with Gasteiger partial charge < -0.3 is 34.6 Å². The molecule has 0 saturated carbocycles. The summed E-state index contributed by atoms with van der Waals surface area (Å²) in [6.45, 7) is 3.10. The quantitative estimate of drug-likeness (QED) is 0.238. The molecule has 1 aromatic heterocycles. The Kier molecular flexibility index (Phi) is 13.6. The summed E-state index contributed by atoms with van der Waals surface area (Å²) in [5.41, 5.74) is 2.90. The van der Waals surface area contributed by atoms with E-state index in [1.165, 1.54) is 6.07 Å². The standard InChI is InChI=1S/C25H29FN4O4.2C2HF3O2/c1-15-20(13-27-29-15)19-11-24(33-8-7-30(2)3)22(12-21(19)26)28-25(31)17-9-16-10-18(32-4)5-6-23(16)34-14-17;2*3-2(4,5)1(6)7/h5-6,10-13,17H,7-9,14H2,1-4H3,(H,27,29)(H,28,31);2*(H,6,7). The third kappa shape index (κ3) is 11.6. The Balaban J connectivity index is 0.000000479. The number of carbonyl (C=O) groups is 3. The van der Waals surface area contributed by atoms with Crippen LogP contribution in [0, 0.1) is 18.7 Å². The zero-order valence-electron chi connectivity index (χ0n) is 25.8. The highest BCUT2D eigenvalue weighted by atomic mass is 19.4. The highest BCUT2D eigenvalue weighted by molar-refractivity contribution is 5.95. The van der Waals surface area contributed by atoms with Gasteiger partial charge in [0.15, 0.2) is 0 Å². The minimum absolute atomic E-state index is 0.233. The van der Waals surface area contributed by atoms with Gasteiger partial charge in [-0.25, -0.2) is 14.0 Å². The first-order chi connectivity index (χ1) is 22.2. The number of aryl methyl sites for hydroxylation is 1. The number of carboxylic acids is 2. The third-order valence-corrected chi connectivity index (χ3v) is 6.27. The minimum Gasteiger partial charge on any atom is -0.497 e. The van der Waals surface area contributed by atoms with E-state index in [2.05, 4.69) is 15.5 Å². The van der Waals surface area contributed by atoms with E-state index in [-0.39, 0.29) is 18.2 Å². The summed E-state index contributed by atoms with van der Waals surface area (Å²) >= 11 is 0. The number of carbonyl (C=O) groups excluding carboxylic acids is 1. The fourth-order valence-electron chi connectivity index (χ4n) is 3.84.